The molecule has 0 aromatic rings. The van der Waals surface area contributed by atoms with Gasteiger partial charge in [-0.25, -0.2) is 0 Å². The van der Waals surface area contributed by atoms with Crippen molar-refractivity contribution in [1.82, 2.24) is 0 Å². The number of hydrogen-bond donors (Lipinski definition) is 0. The van der Waals surface area contributed by atoms with Gasteiger partial charge in [0.15, 0.2) is 0 Å². The molecule has 0 heterocycles. The highest BCUT2D eigenvalue weighted by Crippen LogP contribution is 2.81. The third kappa shape index (κ3) is 3.51. The van der Waals surface area contributed by atoms with Crippen molar-refractivity contribution < 1.29 is 14.3 Å². The molecule has 0 aliphatic heterocycles. The first-order chi connectivity index (χ1) is 17.5. The standard InChI is InChI=1S/C34H53ClO3/c1-21(2)23-10-17-34(20-27(35)37)19-18-30(6)24(28(23)34)11-15-33(9)31(7)14-13-26(38-22(3)36)29(4,5)25(31)12-16-32(30,33)8/h21,24-26H,10-20H2,1-9H3/t24?,25?,26-,30+,31-,32-,33+,34+/m0/s1. The van der Waals surface area contributed by atoms with E-state index in [0.29, 0.717) is 24.2 Å². The van der Waals surface area contributed by atoms with E-state index in [9.17, 15) is 9.59 Å². The number of fused-ring (bicyclic) bond motifs is 7. The maximum absolute atomic E-state index is 12.4. The lowest BCUT2D eigenvalue weighted by Crippen LogP contribution is -2.70. The molecule has 0 saturated heterocycles. The van der Waals surface area contributed by atoms with Crippen LogP contribution in [0.25, 0.3) is 0 Å². The number of halogens is 1. The number of hydrogen-bond acceptors (Lipinski definition) is 3. The summed E-state index contributed by atoms with van der Waals surface area (Å²) in [6, 6.07) is 0. The molecule has 214 valence electrons. The third-order valence-electron chi connectivity index (χ3n) is 14.5. The quantitative estimate of drug-likeness (QED) is 0.201. The van der Waals surface area contributed by atoms with Crippen molar-refractivity contribution in [3.63, 3.8) is 0 Å². The van der Waals surface area contributed by atoms with Crippen LogP contribution in [0.5, 0.6) is 0 Å². The summed E-state index contributed by atoms with van der Waals surface area (Å²) in [6.45, 7) is 21.6. The molecular formula is C34H53ClO3. The summed E-state index contributed by atoms with van der Waals surface area (Å²) < 4.78 is 5.94. The SMILES string of the molecule is CC(=O)O[C@H]1CC[C@@]2(C)C(CC[C@]3(C)[C@]2(C)CCC2C4=C(C(C)C)CC[C@]4(CC(=O)Cl)CC[C@]23C)C1(C)C. The lowest BCUT2D eigenvalue weighted by Gasteiger charge is -2.76. The number of rotatable bonds is 4. The van der Waals surface area contributed by atoms with Gasteiger partial charge >= 0.3 is 5.97 Å². The number of allylic oxidation sites excluding steroid dienone is 2. The Morgan fingerprint density at radius 2 is 1.50 bits per heavy atom. The van der Waals surface area contributed by atoms with Gasteiger partial charge in [-0.2, -0.15) is 0 Å². The van der Waals surface area contributed by atoms with Gasteiger partial charge in [0, 0.05) is 24.2 Å². The van der Waals surface area contributed by atoms with E-state index in [1.54, 1.807) is 18.1 Å². The summed E-state index contributed by atoms with van der Waals surface area (Å²) in [4.78, 5) is 24.4. The van der Waals surface area contributed by atoms with Crippen LogP contribution in [0.4, 0.5) is 0 Å². The number of carbonyl (C=O) groups is 2. The van der Waals surface area contributed by atoms with Gasteiger partial charge in [0.05, 0.1) is 0 Å². The highest BCUT2D eigenvalue weighted by molar-refractivity contribution is 6.63. The first kappa shape index (κ1) is 28.7. The Hall–Kier alpha value is -0.830. The van der Waals surface area contributed by atoms with Crippen LogP contribution in [0.1, 0.15) is 133 Å². The molecule has 0 bridgehead atoms. The minimum absolute atomic E-state index is 0.00208. The monoisotopic (exact) mass is 544 g/mol. The van der Waals surface area contributed by atoms with E-state index in [1.165, 1.54) is 32.1 Å². The fraction of sp³-hybridized carbons (Fsp3) is 0.882. The normalized spacial score (nSPS) is 47.6. The molecule has 5 rings (SSSR count). The molecule has 4 saturated carbocycles. The largest absolute Gasteiger partial charge is 0.462 e. The molecule has 0 aromatic carbocycles. The fourth-order valence-electron chi connectivity index (χ4n) is 12.1. The Bertz CT molecular complexity index is 1060. The predicted octanol–water partition coefficient (Wildman–Crippen LogP) is 9.27. The molecule has 4 fully saturated rings. The van der Waals surface area contributed by atoms with Crippen molar-refractivity contribution in [2.45, 2.75) is 139 Å². The van der Waals surface area contributed by atoms with Gasteiger partial charge in [0.25, 0.3) is 0 Å². The van der Waals surface area contributed by atoms with Crippen LogP contribution in [-0.4, -0.2) is 17.3 Å². The smallest absolute Gasteiger partial charge is 0.302 e. The van der Waals surface area contributed by atoms with Crippen LogP contribution >= 0.6 is 11.6 Å². The highest BCUT2D eigenvalue weighted by atomic mass is 35.5. The molecule has 4 heteroatoms. The van der Waals surface area contributed by atoms with Crippen molar-refractivity contribution >= 4 is 22.8 Å². The molecule has 0 spiro atoms. The number of carbonyl (C=O) groups excluding carboxylic acids is 2. The van der Waals surface area contributed by atoms with Crippen LogP contribution in [-0.2, 0) is 14.3 Å². The molecule has 2 unspecified atom stereocenters. The summed E-state index contributed by atoms with van der Waals surface area (Å²) >= 11 is 6.14. The van der Waals surface area contributed by atoms with E-state index in [2.05, 4.69) is 55.4 Å². The second kappa shape index (κ2) is 8.83. The van der Waals surface area contributed by atoms with E-state index >= 15 is 0 Å². The third-order valence-corrected chi connectivity index (χ3v) is 14.7. The van der Waals surface area contributed by atoms with Crippen LogP contribution in [0, 0.1) is 50.2 Å². The van der Waals surface area contributed by atoms with Gasteiger partial charge in [-0.1, -0.05) is 66.5 Å². The fourth-order valence-corrected chi connectivity index (χ4v) is 12.4. The number of ether oxygens (including phenoxy) is 1. The summed E-state index contributed by atoms with van der Waals surface area (Å²) in [6.07, 6.45) is 12.1. The van der Waals surface area contributed by atoms with Crippen molar-refractivity contribution in [3.8, 4) is 0 Å². The summed E-state index contributed by atoms with van der Waals surface area (Å²) in [5, 5.41) is -0.150. The van der Waals surface area contributed by atoms with E-state index in [0.717, 1.165) is 32.1 Å². The maximum atomic E-state index is 12.4. The lowest BCUT2D eigenvalue weighted by molar-refractivity contribution is -0.277. The Morgan fingerprint density at radius 1 is 0.868 bits per heavy atom. The van der Waals surface area contributed by atoms with E-state index in [-0.39, 0.29) is 49.8 Å². The van der Waals surface area contributed by atoms with Gasteiger partial charge < -0.3 is 4.74 Å². The predicted molar refractivity (Wildman–Crippen MR) is 155 cm³/mol. The van der Waals surface area contributed by atoms with E-state index in [1.807, 2.05) is 0 Å². The molecule has 0 amide bonds. The average molecular weight is 545 g/mol. The van der Waals surface area contributed by atoms with Crippen LogP contribution in [0.15, 0.2) is 11.1 Å². The summed E-state index contributed by atoms with van der Waals surface area (Å²) in [7, 11) is 0. The number of esters is 1. The summed E-state index contributed by atoms with van der Waals surface area (Å²) in [5.74, 6) is 1.49. The molecule has 5 aliphatic carbocycles. The lowest BCUT2D eigenvalue weighted by atomic mass is 9.28. The minimum Gasteiger partial charge on any atom is -0.462 e. The second-order valence-electron chi connectivity index (χ2n) is 16.0. The summed E-state index contributed by atoms with van der Waals surface area (Å²) in [5.41, 5.74) is 4.14. The molecule has 8 atom stereocenters. The maximum Gasteiger partial charge on any atom is 0.302 e. The van der Waals surface area contributed by atoms with Gasteiger partial charge in [-0.3, -0.25) is 9.59 Å². The van der Waals surface area contributed by atoms with Crippen LogP contribution < -0.4 is 0 Å². The Labute approximate surface area is 237 Å². The van der Waals surface area contributed by atoms with Crippen molar-refractivity contribution in [3.05, 3.63) is 11.1 Å². The molecular weight excluding hydrogens is 492 g/mol. The first-order valence-corrected chi connectivity index (χ1v) is 16.0. The van der Waals surface area contributed by atoms with Gasteiger partial charge in [-0.15, -0.1) is 0 Å². The van der Waals surface area contributed by atoms with E-state index in [4.69, 9.17) is 16.3 Å². The molecule has 38 heavy (non-hydrogen) atoms. The minimum atomic E-state index is -0.150. The highest BCUT2D eigenvalue weighted by Gasteiger charge is 2.74. The topological polar surface area (TPSA) is 43.4 Å². The van der Waals surface area contributed by atoms with Crippen LogP contribution in [0.3, 0.4) is 0 Å². The second-order valence-corrected chi connectivity index (χ2v) is 16.5. The first-order valence-electron chi connectivity index (χ1n) is 15.6. The van der Waals surface area contributed by atoms with Gasteiger partial charge in [-0.05, 0) is 115 Å². The average Bonchev–Trinajstić information content (AvgIpc) is 3.17. The molecule has 0 N–H and O–H groups in total. The molecule has 3 nitrogen and oxygen atoms in total. The zero-order valence-electron chi connectivity index (χ0n) is 25.7. The van der Waals surface area contributed by atoms with Crippen LogP contribution in [0.2, 0.25) is 0 Å². The Kier molecular flexibility index (Phi) is 6.67. The molecule has 0 radical (unpaired) electrons. The van der Waals surface area contributed by atoms with Crippen molar-refractivity contribution in [2.24, 2.45) is 50.2 Å². The molecule has 0 aromatic heterocycles. The van der Waals surface area contributed by atoms with E-state index < -0.39 is 0 Å². The Balaban J connectivity index is 1.58. The molecule has 5 aliphatic rings. The van der Waals surface area contributed by atoms with Crippen molar-refractivity contribution in [1.29, 1.82) is 0 Å². The zero-order chi connectivity index (χ0) is 28.1. The zero-order valence-corrected chi connectivity index (χ0v) is 26.4. The van der Waals surface area contributed by atoms with Gasteiger partial charge in [0.1, 0.15) is 6.10 Å². The Morgan fingerprint density at radius 3 is 2.11 bits per heavy atom. The van der Waals surface area contributed by atoms with Gasteiger partial charge in [0.2, 0.25) is 5.24 Å². The van der Waals surface area contributed by atoms with Crippen molar-refractivity contribution in [2.75, 3.05) is 0 Å².